The fourth-order valence-corrected chi connectivity index (χ4v) is 2.65. The van der Waals surface area contributed by atoms with Crippen LogP contribution >= 0.6 is 7.14 Å². The second-order valence-electron chi connectivity index (χ2n) is 3.98. The Morgan fingerprint density at radius 1 is 1.18 bits per heavy atom. The van der Waals surface area contributed by atoms with Crippen molar-refractivity contribution in [3.8, 4) is 0 Å². The van der Waals surface area contributed by atoms with Gasteiger partial charge in [-0.15, -0.1) is 0 Å². The molecular formula is C14H21O2P. The topological polar surface area (TPSA) is 26.3 Å². The molecule has 0 amide bonds. The van der Waals surface area contributed by atoms with E-state index in [1.165, 1.54) is 5.56 Å². The van der Waals surface area contributed by atoms with Gasteiger partial charge < -0.3 is 9.30 Å². The van der Waals surface area contributed by atoms with Gasteiger partial charge in [-0.25, -0.2) is 0 Å². The van der Waals surface area contributed by atoms with Crippen molar-refractivity contribution in [2.45, 2.75) is 20.3 Å². The monoisotopic (exact) mass is 252 g/mol. The first-order valence-corrected chi connectivity index (χ1v) is 8.26. The van der Waals surface area contributed by atoms with Crippen LogP contribution in [0, 0.1) is 0 Å². The standard InChI is InChI=1S/C14H21O2P/c1-3-17(15,4-2)13-12-16-11-10-14-8-6-5-7-9-14/h5-9,12-13H,3-4,10-11H2,1-2H3. The van der Waals surface area contributed by atoms with Gasteiger partial charge in [-0.3, -0.25) is 0 Å². The normalized spacial score (nSPS) is 11.9. The average molecular weight is 252 g/mol. The Morgan fingerprint density at radius 2 is 1.82 bits per heavy atom. The molecule has 0 unspecified atom stereocenters. The quantitative estimate of drug-likeness (QED) is 0.414. The molecule has 0 aromatic heterocycles. The first-order valence-electron chi connectivity index (χ1n) is 6.11. The van der Waals surface area contributed by atoms with E-state index < -0.39 is 7.14 Å². The van der Waals surface area contributed by atoms with Gasteiger partial charge in [0.2, 0.25) is 0 Å². The average Bonchev–Trinajstić information content (AvgIpc) is 2.39. The molecule has 0 heterocycles. The Labute approximate surface area is 104 Å². The second kappa shape index (κ2) is 7.34. The molecule has 0 radical (unpaired) electrons. The summed E-state index contributed by atoms with van der Waals surface area (Å²) in [5.74, 6) is 1.75. The fourth-order valence-electron chi connectivity index (χ4n) is 1.48. The molecule has 1 aromatic carbocycles. The van der Waals surface area contributed by atoms with Crippen molar-refractivity contribution in [1.29, 1.82) is 0 Å². The van der Waals surface area contributed by atoms with Gasteiger partial charge in [0.15, 0.2) is 0 Å². The van der Waals surface area contributed by atoms with Crippen LogP contribution in [0.2, 0.25) is 0 Å². The van der Waals surface area contributed by atoms with Crippen molar-refractivity contribution in [3.63, 3.8) is 0 Å². The van der Waals surface area contributed by atoms with Gasteiger partial charge in [0.05, 0.1) is 12.9 Å². The molecule has 17 heavy (non-hydrogen) atoms. The summed E-state index contributed by atoms with van der Waals surface area (Å²) in [4.78, 5) is 0. The molecule has 1 rings (SSSR count). The minimum absolute atomic E-state index is 0.633. The summed E-state index contributed by atoms with van der Waals surface area (Å²) >= 11 is 0. The zero-order valence-corrected chi connectivity index (χ0v) is 11.5. The van der Waals surface area contributed by atoms with Crippen LogP contribution in [0.1, 0.15) is 19.4 Å². The van der Waals surface area contributed by atoms with E-state index >= 15 is 0 Å². The van der Waals surface area contributed by atoms with Gasteiger partial charge in [0, 0.05) is 24.6 Å². The van der Waals surface area contributed by atoms with E-state index in [-0.39, 0.29) is 0 Å². The Kier molecular flexibility index (Phi) is 6.07. The molecule has 2 nitrogen and oxygen atoms in total. The zero-order valence-electron chi connectivity index (χ0n) is 10.6. The summed E-state index contributed by atoms with van der Waals surface area (Å²) in [7, 11) is -2.10. The van der Waals surface area contributed by atoms with Gasteiger partial charge in [0.1, 0.15) is 7.14 Å². The lowest BCUT2D eigenvalue weighted by atomic mass is 10.2. The van der Waals surface area contributed by atoms with Crippen LogP contribution in [0.4, 0.5) is 0 Å². The SMILES string of the molecule is CCP(=O)(C=COCCc1ccccc1)CC. The van der Waals surface area contributed by atoms with Crippen molar-refractivity contribution in [2.75, 3.05) is 18.9 Å². The smallest absolute Gasteiger partial charge is 0.111 e. The molecule has 0 spiro atoms. The predicted octanol–water partition coefficient (Wildman–Crippen LogP) is 4.12. The lowest BCUT2D eigenvalue weighted by Gasteiger charge is -2.07. The summed E-state index contributed by atoms with van der Waals surface area (Å²) < 4.78 is 17.4. The summed E-state index contributed by atoms with van der Waals surface area (Å²) in [6, 6.07) is 10.2. The third-order valence-electron chi connectivity index (χ3n) is 2.85. The van der Waals surface area contributed by atoms with Crippen LogP contribution in [-0.4, -0.2) is 18.9 Å². The van der Waals surface area contributed by atoms with Crippen molar-refractivity contribution >= 4 is 7.14 Å². The number of rotatable bonds is 7. The van der Waals surface area contributed by atoms with Crippen molar-refractivity contribution in [2.24, 2.45) is 0 Å². The van der Waals surface area contributed by atoms with Crippen LogP contribution in [0.5, 0.6) is 0 Å². The van der Waals surface area contributed by atoms with Gasteiger partial charge in [-0.05, 0) is 5.56 Å². The predicted molar refractivity (Wildman–Crippen MR) is 73.9 cm³/mol. The van der Waals surface area contributed by atoms with Crippen LogP contribution in [0.3, 0.4) is 0 Å². The van der Waals surface area contributed by atoms with E-state index in [2.05, 4.69) is 12.1 Å². The van der Waals surface area contributed by atoms with Crippen LogP contribution in [0.15, 0.2) is 42.4 Å². The largest absolute Gasteiger partial charge is 0.501 e. The first-order chi connectivity index (χ1) is 8.20. The second-order valence-corrected chi connectivity index (χ2v) is 7.44. The Balaban J connectivity index is 2.29. The molecule has 1 aromatic rings. The highest BCUT2D eigenvalue weighted by atomic mass is 31.2. The molecule has 0 aliphatic heterocycles. The van der Waals surface area contributed by atoms with E-state index in [9.17, 15) is 4.57 Å². The highest BCUT2D eigenvalue weighted by molar-refractivity contribution is 7.66. The molecule has 0 aliphatic carbocycles. The molecule has 0 aliphatic rings. The number of hydrogen-bond acceptors (Lipinski definition) is 2. The Hall–Kier alpha value is -1.01. The zero-order chi connectivity index (χ0) is 12.6. The van der Waals surface area contributed by atoms with Gasteiger partial charge in [0.25, 0.3) is 0 Å². The third kappa shape index (κ3) is 5.23. The molecule has 0 atom stereocenters. The molecule has 0 bridgehead atoms. The van der Waals surface area contributed by atoms with Gasteiger partial charge >= 0.3 is 0 Å². The first kappa shape index (κ1) is 14.1. The highest BCUT2D eigenvalue weighted by Gasteiger charge is 2.11. The van der Waals surface area contributed by atoms with Crippen molar-refractivity contribution < 1.29 is 9.30 Å². The lowest BCUT2D eigenvalue weighted by molar-refractivity contribution is 0.254. The highest BCUT2D eigenvalue weighted by Crippen LogP contribution is 2.45. The summed E-state index contributed by atoms with van der Waals surface area (Å²) in [6.45, 7) is 4.55. The third-order valence-corrected chi connectivity index (χ3v) is 5.66. The Bertz CT molecular complexity index is 376. The van der Waals surface area contributed by atoms with Crippen LogP contribution < -0.4 is 0 Å². The molecule has 0 saturated carbocycles. The number of benzene rings is 1. The lowest BCUT2D eigenvalue weighted by Crippen LogP contribution is -1.93. The van der Waals surface area contributed by atoms with E-state index in [0.29, 0.717) is 18.9 Å². The molecule has 94 valence electrons. The summed E-state index contributed by atoms with van der Waals surface area (Å²) in [6.07, 6.45) is 3.91. The summed E-state index contributed by atoms with van der Waals surface area (Å²) in [5, 5.41) is 0. The molecular weight excluding hydrogens is 231 g/mol. The van der Waals surface area contributed by atoms with E-state index in [1.54, 1.807) is 12.1 Å². The molecule has 0 saturated heterocycles. The maximum Gasteiger partial charge on any atom is 0.111 e. The molecule has 0 fully saturated rings. The number of hydrogen-bond donors (Lipinski definition) is 0. The van der Waals surface area contributed by atoms with Gasteiger partial charge in [-0.2, -0.15) is 0 Å². The van der Waals surface area contributed by atoms with E-state index in [1.807, 2.05) is 32.0 Å². The number of ether oxygens (including phenoxy) is 1. The van der Waals surface area contributed by atoms with Gasteiger partial charge in [-0.1, -0.05) is 44.2 Å². The van der Waals surface area contributed by atoms with Crippen LogP contribution in [0.25, 0.3) is 0 Å². The van der Waals surface area contributed by atoms with E-state index in [0.717, 1.165) is 6.42 Å². The molecule has 0 N–H and O–H groups in total. The minimum atomic E-state index is -2.10. The minimum Gasteiger partial charge on any atom is -0.501 e. The Morgan fingerprint density at radius 3 is 2.41 bits per heavy atom. The van der Waals surface area contributed by atoms with Crippen LogP contribution in [-0.2, 0) is 15.7 Å². The maximum atomic E-state index is 12.0. The fraction of sp³-hybridized carbons (Fsp3) is 0.429. The van der Waals surface area contributed by atoms with E-state index in [4.69, 9.17) is 4.74 Å². The van der Waals surface area contributed by atoms with Crippen molar-refractivity contribution in [1.82, 2.24) is 0 Å². The van der Waals surface area contributed by atoms with Crippen molar-refractivity contribution in [3.05, 3.63) is 48.0 Å². The maximum absolute atomic E-state index is 12.0. The molecule has 3 heteroatoms. The summed E-state index contributed by atoms with van der Waals surface area (Å²) in [5.41, 5.74) is 1.26.